The quantitative estimate of drug-likeness (QED) is 0.881. The van der Waals surface area contributed by atoms with Gasteiger partial charge in [0.25, 0.3) is 0 Å². The third-order valence-electron chi connectivity index (χ3n) is 4.34. The molecule has 3 nitrogen and oxygen atoms in total. The molecule has 1 aliphatic carbocycles. The average Bonchev–Trinajstić information content (AvgIpc) is 2.94. The molecule has 110 valence electrons. The first-order chi connectivity index (χ1) is 9.61. The number of aryl methyl sites for hydroxylation is 1. The van der Waals surface area contributed by atoms with Gasteiger partial charge in [0.05, 0.1) is 5.69 Å². The number of benzene rings is 1. The van der Waals surface area contributed by atoms with Gasteiger partial charge < -0.3 is 10.0 Å². The van der Waals surface area contributed by atoms with E-state index in [-0.39, 0.29) is 11.7 Å². The van der Waals surface area contributed by atoms with E-state index in [0.717, 1.165) is 23.6 Å². The zero-order chi connectivity index (χ0) is 14.5. The van der Waals surface area contributed by atoms with Gasteiger partial charge in [-0.1, -0.05) is 31.7 Å². The summed E-state index contributed by atoms with van der Waals surface area (Å²) in [5.41, 5.74) is 1.86. The molecule has 20 heavy (non-hydrogen) atoms. The van der Waals surface area contributed by atoms with E-state index in [1.165, 1.54) is 25.7 Å². The molecule has 0 atom stereocenters. The molecule has 0 radical (unpaired) electrons. The van der Waals surface area contributed by atoms with Crippen LogP contribution in [0.1, 0.15) is 51.0 Å². The lowest BCUT2D eigenvalue weighted by Gasteiger charge is -2.24. The molecule has 1 saturated carbocycles. The van der Waals surface area contributed by atoms with E-state index in [1.54, 1.807) is 17.0 Å². The van der Waals surface area contributed by atoms with Crippen LogP contribution in [0.25, 0.3) is 0 Å². The second-order valence-electron chi connectivity index (χ2n) is 5.80. The Morgan fingerprint density at radius 3 is 2.70 bits per heavy atom. The monoisotopic (exact) mass is 275 g/mol. The molecular weight excluding hydrogens is 250 g/mol. The summed E-state index contributed by atoms with van der Waals surface area (Å²) in [6, 6.07) is 5.21. The molecule has 0 saturated heterocycles. The van der Waals surface area contributed by atoms with E-state index in [9.17, 15) is 9.90 Å². The fourth-order valence-corrected chi connectivity index (χ4v) is 3.13. The van der Waals surface area contributed by atoms with Crippen LogP contribution in [0.3, 0.4) is 0 Å². The van der Waals surface area contributed by atoms with Gasteiger partial charge >= 0.3 is 0 Å². The summed E-state index contributed by atoms with van der Waals surface area (Å²) in [7, 11) is 0. The van der Waals surface area contributed by atoms with Crippen LogP contribution in [0.15, 0.2) is 18.2 Å². The zero-order valence-corrected chi connectivity index (χ0v) is 12.6. The number of amides is 1. The lowest BCUT2D eigenvalue weighted by Crippen LogP contribution is -2.31. The summed E-state index contributed by atoms with van der Waals surface area (Å²) in [6.45, 7) is 4.60. The number of phenolic OH excluding ortho intramolecular Hbond substituents is 1. The summed E-state index contributed by atoms with van der Waals surface area (Å²) < 4.78 is 0. The van der Waals surface area contributed by atoms with Crippen molar-refractivity contribution in [1.29, 1.82) is 0 Å². The van der Waals surface area contributed by atoms with Gasteiger partial charge in [0.15, 0.2) is 0 Å². The Kier molecular flexibility index (Phi) is 5.05. The van der Waals surface area contributed by atoms with Crippen molar-refractivity contribution in [3.63, 3.8) is 0 Å². The number of carbonyl (C=O) groups excluding carboxylic acids is 1. The summed E-state index contributed by atoms with van der Waals surface area (Å²) in [5, 5.41) is 9.63. The van der Waals surface area contributed by atoms with Crippen LogP contribution >= 0.6 is 0 Å². The molecule has 1 amide bonds. The van der Waals surface area contributed by atoms with E-state index in [0.29, 0.717) is 13.0 Å². The molecule has 1 fully saturated rings. The van der Waals surface area contributed by atoms with E-state index >= 15 is 0 Å². The highest BCUT2D eigenvalue weighted by Crippen LogP contribution is 2.30. The largest absolute Gasteiger partial charge is 0.508 e. The topological polar surface area (TPSA) is 40.5 Å². The van der Waals surface area contributed by atoms with Gasteiger partial charge in [-0.3, -0.25) is 4.79 Å². The van der Waals surface area contributed by atoms with Gasteiger partial charge in [-0.25, -0.2) is 0 Å². The first-order valence-electron chi connectivity index (χ1n) is 7.71. The molecule has 0 spiro atoms. The maximum absolute atomic E-state index is 12.4. The van der Waals surface area contributed by atoms with Crippen molar-refractivity contribution in [3.05, 3.63) is 23.8 Å². The highest BCUT2D eigenvalue weighted by Gasteiger charge is 2.20. The van der Waals surface area contributed by atoms with Crippen molar-refractivity contribution < 1.29 is 9.90 Å². The Bertz CT molecular complexity index is 464. The van der Waals surface area contributed by atoms with Crippen LogP contribution in [0, 0.1) is 12.8 Å². The minimum absolute atomic E-state index is 0.174. The lowest BCUT2D eigenvalue weighted by molar-refractivity contribution is -0.118. The first-order valence-corrected chi connectivity index (χ1v) is 7.71. The molecule has 0 aromatic heterocycles. The highest BCUT2D eigenvalue weighted by molar-refractivity contribution is 5.94. The lowest BCUT2D eigenvalue weighted by atomic mass is 10.0. The van der Waals surface area contributed by atoms with E-state index in [4.69, 9.17) is 0 Å². The fourth-order valence-electron chi connectivity index (χ4n) is 3.13. The predicted octanol–water partition coefficient (Wildman–Crippen LogP) is 4.02. The summed E-state index contributed by atoms with van der Waals surface area (Å²) >= 11 is 0. The molecule has 1 aromatic carbocycles. The Labute approximate surface area is 121 Å². The van der Waals surface area contributed by atoms with Crippen LogP contribution in [0.4, 0.5) is 5.69 Å². The van der Waals surface area contributed by atoms with Crippen molar-refractivity contribution in [2.75, 3.05) is 11.4 Å². The molecule has 2 rings (SSSR count). The molecule has 0 aliphatic heterocycles. The summed E-state index contributed by atoms with van der Waals surface area (Å²) in [6.07, 6.45) is 6.83. The van der Waals surface area contributed by atoms with Gasteiger partial charge in [0.2, 0.25) is 5.91 Å². The predicted molar refractivity (Wildman–Crippen MR) is 82.1 cm³/mol. The molecule has 1 aromatic rings. The van der Waals surface area contributed by atoms with Gasteiger partial charge in [0, 0.05) is 19.0 Å². The average molecular weight is 275 g/mol. The van der Waals surface area contributed by atoms with Crippen molar-refractivity contribution in [2.24, 2.45) is 5.92 Å². The molecule has 1 aliphatic rings. The number of rotatable bonds is 5. The van der Waals surface area contributed by atoms with Crippen molar-refractivity contribution in [3.8, 4) is 5.75 Å². The molecule has 1 N–H and O–H groups in total. The van der Waals surface area contributed by atoms with Crippen molar-refractivity contribution in [1.82, 2.24) is 0 Å². The number of phenols is 1. The minimum atomic E-state index is 0.174. The van der Waals surface area contributed by atoms with Gasteiger partial charge in [-0.05, 0) is 37.8 Å². The summed E-state index contributed by atoms with van der Waals surface area (Å²) in [5.74, 6) is 1.13. The number of aromatic hydroxyl groups is 1. The van der Waals surface area contributed by atoms with Crippen LogP contribution in [0.5, 0.6) is 5.75 Å². The Morgan fingerprint density at radius 1 is 1.35 bits per heavy atom. The maximum Gasteiger partial charge on any atom is 0.226 e. The minimum Gasteiger partial charge on any atom is -0.508 e. The standard InChI is InChI=1S/C17H25NO2/c1-3-18(16-12-15(19)10-8-13(16)2)17(20)11-9-14-6-4-5-7-14/h8,10,12,14,19H,3-7,9,11H2,1-2H3. The molecular formula is C17H25NO2. The highest BCUT2D eigenvalue weighted by atomic mass is 16.3. The van der Waals surface area contributed by atoms with Crippen molar-refractivity contribution >= 4 is 11.6 Å². The third kappa shape index (κ3) is 3.53. The van der Waals surface area contributed by atoms with Crippen LogP contribution in [-0.2, 0) is 4.79 Å². The third-order valence-corrected chi connectivity index (χ3v) is 4.34. The number of carbonyl (C=O) groups is 1. The smallest absolute Gasteiger partial charge is 0.226 e. The normalized spacial score (nSPS) is 15.5. The van der Waals surface area contributed by atoms with E-state index in [1.807, 2.05) is 19.9 Å². The van der Waals surface area contributed by atoms with E-state index in [2.05, 4.69) is 0 Å². The molecule has 3 heteroatoms. The Morgan fingerprint density at radius 2 is 2.05 bits per heavy atom. The van der Waals surface area contributed by atoms with E-state index < -0.39 is 0 Å². The van der Waals surface area contributed by atoms with Crippen LogP contribution < -0.4 is 4.90 Å². The Balaban J connectivity index is 2.02. The zero-order valence-electron chi connectivity index (χ0n) is 12.6. The first kappa shape index (κ1) is 14.9. The molecule has 0 bridgehead atoms. The van der Waals surface area contributed by atoms with Crippen LogP contribution in [-0.4, -0.2) is 17.6 Å². The number of nitrogens with zero attached hydrogens (tertiary/aromatic N) is 1. The molecule has 0 unspecified atom stereocenters. The number of hydrogen-bond acceptors (Lipinski definition) is 2. The van der Waals surface area contributed by atoms with Gasteiger partial charge in [0.1, 0.15) is 5.75 Å². The van der Waals surface area contributed by atoms with Gasteiger partial charge in [-0.2, -0.15) is 0 Å². The maximum atomic E-state index is 12.4. The molecule has 0 heterocycles. The number of hydrogen-bond donors (Lipinski definition) is 1. The second kappa shape index (κ2) is 6.78. The fraction of sp³-hybridized carbons (Fsp3) is 0.588. The SMILES string of the molecule is CCN(C(=O)CCC1CCCC1)c1cc(O)ccc1C. The van der Waals surface area contributed by atoms with Crippen LogP contribution in [0.2, 0.25) is 0 Å². The number of anilines is 1. The Hall–Kier alpha value is -1.51. The summed E-state index contributed by atoms with van der Waals surface area (Å²) in [4.78, 5) is 14.2. The van der Waals surface area contributed by atoms with Gasteiger partial charge in [-0.15, -0.1) is 0 Å². The van der Waals surface area contributed by atoms with Crippen molar-refractivity contribution in [2.45, 2.75) is 52.4 Å². The second-order valence-corrected chi connectivity index (χ2v) is 5.80.